The van der Waals surface area contributed by atoms with Crippen LogP contribution in [0.5, 0.6) is 11.6 Å². The van der Waals surface area contributed by atoms with Gasteiger partial charge in [-0.05, 0) is 37.1 Å². The van der Waals surface area contributed by atoms with Gasteiger partial charge in [0.15, 0.2) is 5.82 Å². The minimum atomic E-state index is -0.289. The summed E-state index contributed by atoms with van der Waals surface area (Å²) >= 11 is 0. The fourth-order valence-electron chi connectivity index (χ4n) is 4.15. The molecule has 0 saturated heterocycles. The van der Waals surface area contributed by atoms with Gasteiger partial charge in [-0.1, -0.05) is 30.3 Å². The molecule has 1 aliphatic carbocycles. The van der Waals surface area contributed by atoms with Gasteiger partial charge in [0.05, 0.1) is 11.6 Å². The Morgan fingerprint density at radius 3 is 2.62 bits per heavy atom. The van der Waals surface area contributed by atoms with Gasteiger partial charge in [-0.25, -0.2) is 19.5 Å². The fourth-order valence-corrected chi connectivity index (χ4v) is 4.15. The Balaban J connectivity index is 1.45. The molecule has 32 heavy (non-hydrogen) atoms. The van der Waals surface area contributed by atoms with Crippen LogP contribution in [0.25, 0.3) is 27.7 Å². The molecule has 3 N–H and O–H groups in total. The third-order valence-corrected chi connectivity index (χ3v) is 5.87. The molecular weight excluding hydrogens is 404 g/mol. The number of nitrogen functional groups attached to an aromatic ring is 1. The van der Waals surface area contributed by atoms with Crippen molar-refractivity contribution < 1.29 is 9.84 Å². The SMILES string of the molecule is Nc1ncnn2c(C3CC(O)C3)nc(-c3ccc4ccc(Oc5ccccc5)nc4c3)c12. The van der Waals surface area contributed by atoms with Crippen molar-refractivity contribution in [1.82, 2.24) is 24.6 Å². The average Bonchev–Trinajstić information content (AvgIpc) is 3.18. The zero-order valence-corrected chi connectivity index (χ0v) is 17.1. The zero-order chi connectivity index (χ0) is 21.7. The van der Waals surface area contributed by atoms with Crippen molar-refractivity contribution in [2.45, 2.75) is 24.9 Å². The Bertz CT molecular complexity index is 1440. The van der Waals surface area contributed by atoms with Crippen molar-refractivity contribution in [3.8, 4) is 22.9 Å². The number of aromatic nitrogens is 5. The predicted octanol–water partition coefficient (Wildman–Crippen LogP) is 3.95. The first-order chi connectivity index (χ1) is 15.7. The Kier molecular flexibility index (Phi) is 4.26. The van der Waals surface area contributed by atoms with Crippen LogP contribution in [0.4, 0.5) is 5.82 Å². The highest BCUT2D eigenvalue weighted by molar-refractivity contribution is 5.90. The van der Waals surface area contributed by atoms with Crippen LogP contribution in [-0.2, 0) is 0 Å². The van der Waals surface area contributed by atoms with Crippen molar-refractivity contribution in [2.75, 3.05) is 5.73 Å². The van der Waals surface area contributed by atoms with Crippen molar-refractivity contribution in [3.63, 3.8) is 0 Å². The first kappa shape index (κ1) is 18.7. The molecule has 0 bridgehead atoms. The summed E-state index contributed by atoms with van der Waals surface area (Å²) in [5.74, 6) is 2.55. The molecule has 3 aromatic heterocycles. The summed E-state index contributed by atoms with van der Waals surface area (Å²) in [6.45, 7) is 0. The van der Waals surface area contributed by atoms with E-state index < -0.39 is 0 Å². The largest absolute Gasteiger partial charge is 0.439 e. The van der Waals surface area contributed by atoms with E-state index in [0.29, 0.717) is 35.8 Å². The fraction of sp³-hybridized carbons (Fsp3) is 0.167. The molecule has 1 aliphatic rings. The van der Waals surface area contributed by atoms with Crippen LogP contribution in [0.2, 0.25) is 0 Å². The van der Waals surface area contributed by atoms with Crippen LogP contribution in [0.15, 0.2) is 67.0 Å². The van der Waals surface area contributed by atoms with Crippen LogP contribution in [-0.4, -0.2) is 35.8 Å². The summed E-state index contributed by atoms with van der Waals surface area (Å²) in [6.07, 6.45) is 2.48. The van der Waals surface area contributed by atoms with Crippen LogP contribution >= 0.6 is 0 Å². The van der Waals surface area contributed by atoms with Gasteiger partial charge in [0.1, 0.15) is 29.1 Å². The quantitative estimate of drug-likeness (QED) is 0.449. The number of hydrogen-bond acceptors (Lipinski definition) is 7. The predicted molar refractivity (Wildman–Crippen MR) is 120 cm³/mol. The normalized spacial score (nSPS) is 18.0. The van der Waals surface area contributed by atoms with E-state index in [4.69, 9.17) is 15.5 Å². The van der Waals surface area contributed by atoms with Crippen LogP contribution < -0.4 is 10.5 Å². The van der Waals surface area contributed by atoms with E-state index in [1.54, 1.807) is 4.52 Å². The maximum Gasteiger partial charge on any atom is 0.219 e. The lowest BCUT2D eigenvalue weighted by atomic mass is 9.82. The second-order valence-electron chi connectivity index (χ2n) is 8.02. The van der Waals surface area contributed by atoms with Gasteiger partial charge in [-0.3, -0.25) is 0 Å². The Morgan fingerprint density at radius 2 is 1.81 bits per heavy atom. The minimum Gasteiger partial charge on any atom is -0.439 e. The Labute approximate surface area is 183 Å². The van der Waals surface area contributed by atoms with Gasteiger partial charge in [0, 0.05) is 22.9 Å². The minimum absolute atomic E-state index is 0.144. The number of benzene rings is 2. The molecule has 8 nitrogen and oxygen atoms in total. The molecule has 1 fully saturated rings. The van der Waals surface area contributed by atoms with Crippen molar-refractivity contribution >= 4 is 22.2 Å². The molecule has 0 spiro atoms. The van der Waals surface area contributed by atoms with E-state index in [0.717, 1.165) is 28.0 Å². The summed E-state index contributed by atoms with van der Waals surface area (Å²) in [7, 11) is 0. The van der Waals surface area contributed by atoms with E-state index >= 15 is 0 Å². The van der Waals surface area contributed by atoms with Crippen molar-refractivity contribution in [3.05, 3.63) is 72.8 Å². The topological polar surface area (TPSA) is 111 Å². The molecule has 0 aliphatic heterocycles. The number of fused-ring (bicyclic) bond motifs is 2. The van der Waals surface area contributed by atoms with E-state index in [9.17, 15) is 5.11 Å². The zero-order valence-electron chi connectivity index (χ0n) is 17.1. The summed E-state index contributed by atoms with van der Waals surface area (Å²) < 4.78 is 7.65. The third kappa shape index (κ3) is 3.12. The highest BCUT2D eigenvalue weighted by Gasteiger charge is 2.33. The maximum absolute atomic E-state index is 9.77. The molecule has 0 atom stereocenters. The average molecular weight is 424 g/mol. The van der Waals surface area contributed by atoms with Gasteiger partial charge >= 0.3 is 0 Å². The number of nitrogens with zero attached hydrogens (tertiary/aromatic N) is 5. The molecule has 8 heteroatoms. The highest BCUT2D eigenvalue weighted by atomic mass is 16.5. The number of anilines is 1. The Hall–Kier alpha value is -4.04. The lowest BCUT2D eigenvalue weighted by molar-refractivity contribution is 0.0711. The summed E-state index contributed by atoms with van der Waals surface area (Å²) in [5, 5.41) is 15.1. The second-order valence-corrected chi connectivity index (χ2v) is 8.02. The number of nitrogens with two attached hydrogens (primary N) is 1. The first-order valence-corrected chi connectivity index (χ1v) is 10.5. The van der Waals surface area contributed by atoms with Crippen molar-refractivity contribution in [2.24, 2.45) is 0 Å². The monoisotopic (exact) mass is 424 g/mol. The molecule has 0 amide bonds. The Morgan fingerprint density at radius 1 is 1.00 bits per heavy atom. The van der Waals surface area contributed by atoms with E-state index in [1.165, 1.54) is 6.33 Å². The standard InChI is InChI=1S/C24H20N6O2/c25-23-22-21(29-24(16-10-17(31)11-16)30(22)27-13-26-23)15-7-6-14-8-9-20(28-19(14)12-15)32-18-4-2-1-3-5-18/h1-9,12-13,16-17,31H,10-11H2,(H2,25,26,27). The van der Waals surface area contributed by atoms with E-state index in [-0.39, 0.29) is 12.0 Å². The van der Waals surface area contributed by atoms with Gasteiger partial charge < -0.3 is 15.6 Å². The van der Waals surface area contributed by atoms with Crippen LogP contribution in [0.3, 0.4) is 0 Å². The molecular formula is C24H20N6O2. The molecule has 3 heterocycles. The highest BCUT2D eigenvalue weighted by Crippen LogP contribution is 2.39. The number of aliphatic hydroxyl groups excluding tert-OH is 1. The second kappa shape index (κ2) is 7.28. The number of ether oxygens (including phenoxy) is 1. The lowest BCUT2D eigenvalue weighted by Crippen LogP contribution is -2.28. The number of imidazole rings is 1. The van der Waals surface area contributed by atoms with Crippen LogP contribution in [0.1, 0.15) is 24.6 Å². The van der Waals surface area contributed by atoms with Gasteiger partial charge in [0.2, 0.25) is 5.88 Å². The molecule has 158 valence electrons. The first-order valence-electron chi connectivity index (χ1n) is 10.5. The van der Waals surface area contributed by atoms with E-state index in [1.807, 2.05) is 60.7 Å². The summed E-state index contributed by atoms with van der Waals surface area (Å²) in [5.41, 5.74) is 9.25. The molecule has 0 radical (unpaired) electrons. The van der Waals surface area contributed by atoms with Crippen molar-refractivity contribution in [1.29, 1.82) is 0 Å². The smallest absolute Gasteiger partial charge is 0.219 e. The summed E-state index contributed by atoms with van der Waals surface area (Å²) in [4.78, 5) is 13.7. The maximum atomic E-state index is 9.77. The van der Waals surface area contributed by atoms with Gasteiger partial charge in [-0.2, -0.15) is 5.10 Å². The lowest BCUT2D eigenvalue weighted by Gasteiger charge is -2.29. The number of rotatable bonds is 4. The molecule has 0 unspecified atom stereocenters. The molecule has 5 aromatic rings. The van der Waals surface area contributed by atoms with Gasteiger partial charge in [0.25, 0.3) is 0 Å². The third-order valence-electron chi connectivity index (χ3n) is 5.87. The molecule has 2 aromatic carbocycles. The number of aliphatic hydroxyl groups is 1. The molecule has 1 saturated carbocycles. The number of pyridine rings is 1. The number of para-hydroxylation sites is 1. The summed E-state index contributed by atoms with van der Waals surface area (Å²) in [6, 6.07) is 19.4. The van der Waals surface area contributed by atoms with Crippen LogP contribution in [0, 0.1) is 0 Å². The van der Waals surface area contributed by atoms with E-state index in [2.05, 4.69) is 15.1 Å². The number of hydrogen-bond donors (Lipinski definition) is 2. The molecule has 6 rings (SSSR count). The van der Waals surface area contributed by atoms with Gasteiger partial charge in [-0.15, -0.1) is 0 Å².